The fourth-order valence-electron chi connectivity index (χ4n) is 1.51. The minimum atomic E-state index is 0.828. The van der Waals surface area contributed by atoms with E-state index in [4.69, 9.17) is 0 Å². The molecule has 0 aliphatic rings. The van der Waals surface area contributed by atoms with E-state index in [1.54, 1.807) is 0 Å². The zero-order chi connectivity index (χ0) is 9.40. The molecule has 1 unspecified atom stereocenters. The number of nitrogens with one attached hydrogen (secondary N) is 1. The molecule has 0 amide bonds. The Bertz CT molecular complexity index is 89.0. The van der Waals surface area contributed by atoms with Crippen LogP contribution in [0.25, 0.3) is 0 Å². The van der Waals surface area contributed by atoms with Crippen LogP contribution in [0.3, 0.4) is 0 Å². The van der Waals surface area contributed by atoms with Crippen LogP contribution in [0.15, 0.2) is 0 Å². The molecule has 0 aliphatic heterocycles. The van der Waals surface area contributed by atoms with Crippen molar-refractivity contribution in [2.75, 3.05) is 13.1 Å². The molecule has 0 aliphatic carbocycles. The minimum absolute atomic E-state index is 0.828. The van der Waals surface area contributed by atoms with Crippen molar-refractivity contribution in [1.82, 2.24) is 5.32 Å². The maximum atomic E-state index is 3.50. The van der Waals surface area contributed by atoms with Crippen molar-refractivity contribution in [3.8, 4) is 0 Å². The first-order chi connectivity index (χ1) is 5.72. The van der Waals surface area contributed by atoms with E-state index in [1.165, 1.54) is 32.4 Å². The predicted molar refractivity (Wildman–Crippen MR) is 56.4 cm³/mol. The van der Waals surface area contributed by atoms with E-state index in [9.17, 15) is 0 Å². The number of rotatable bonds is 7. The van der Waals surface area contributed by atoms with Gasteiger partial charge < -0.3 is 5.32 Å². The molecule has 0 heterocycles. The normalized spacial score (nSPS) is 13.8. The lowest BCUT2D eigenvalue weighted by Crippen LogP contribution is -2.26. The molecule has 74 valence electrons. The summed E-state index contributed by atoms with van der Waals surface area (Å²) in [5.41, 5.74) is 0. The summed E-state index contributed by atoms with van der Waals surface area (Å²) in [6.07, 6.45) is 3.93. The second-order valence-corrected chi connectivity index (χ2v) is 4.00. The smallest absolute Gasteiger partial charge is 0.00181 e. The molecule has 1 atom stereocenters. The lowest BCUT2D eigenvalue weighted by atomic mass is 9.91. The van der Waals surface area contributed by atoms with E-state index in [-0.39, 0.29) is 0 Å². The average Bonchev–Trinajstić information content (AvgIpc) is 2.03. The third-order valence-corrected chi connectivity index (χ3v) is 2.44. The molecule has 0 aromatic carbocycles. The van der Waals surface area contributed by atoms with Crippen molar-refractivity contribution in [3.05, 3.63) is 0 Å². The number of hydrogen-bond donors (Lipinski definition) is 1. The Morgan fingerprint density at radius 2 is 1.75 bits per heavy atom. The van der Waals surface area contributed by atoms with E-state index in [0.29, 0.717) is 0 Å². The van der Waals surface area contributed by atoms with Gasteiger partial charge in [0.05, 0.1) is 0 Å². The van der Waals surface area contributed by atoms with Crippen molar-refractivity contribution >= 4 is 0 Å². The van der Waals surface area contributed by atoms with Gasteiger partial charge in [-0.15, -0.1) is 0 Å². The monoisotopic (exact) mass is 171 g/mol. The zero-order valence-corrected chi connectivity index (χ0v) is 9.19. The van der Waals surface area contributed by atoms with Crippen LogP contribution < -0.4 is 5.32 Å². The first kappa shape index (κ1) is 12.0. The van der Waals surface area contributed by atoms with Gasteiger partial charge in [0, 0.05) is 0 Å². The van der Waals surface area contributed by atoms with Crippen LogP contribution in [0, 0.1) is 11.8 Å². The molecule has 0 rings (SSSR count). The lowest BCUT2D eigenvalue weighted by Gasteiger charge is -2.20. The topological polar surface area (TPSA) is 12.0 Å². The highest BCUT2D eigenvalue weighted by atomic mass is 14.8. The van der Waals surface area contributed by atoms with E-state index < -0.39 is 0 Å². The fraction of sp³-hybridized carbons (Fsp3) is 1.00. The highest BCUT2D eigenvalue weighted by Gasteiger charge is 2.10. The Morgan fingerprint density at radius 1 is 1.08 bits per heavy atom. The van der Waals surface area contributed by atoms with Crippen LogP contribution in [-0.2, 0) is 0 Å². The van der Waals surface area contributed by atoms with Crippen molar-refractivity contribution in [2.45, 2.75) is 47.0 Å². The number of hydrogen-bond acceptors (Lipinski definition) is 1. The lowest BCUT2D eigenvalue weighted by molar-refractivity contribution is 0.338. The standard InChI is InChI=1S/C11H25N/c1-5-7-11(10(3)4)9-12-8-6-2/h10-12H,5-9H2,1-4H3. The van der Waals surface area contributed by atoms with Crippen LogP contribution in [0.1, 0.15) is 47.0 Å². The summed E-state index contributed by atoms with van der Waals surface area (Å²) >= 11 is 0. The molecule has 0 radical (unpaired) electrons. The molecular formula is C11H25N. The summed E-state index contributed by atoms with van der Waals surface area (Å²) in [6.45, 7) is 11.5. The van der Waals surface area contributed by atoms with Gasteiger partial charge in [-0.05, 0) is 37.8 Å². The van der Waals surface area contributed by atoms with E-state index in [1.807, 2.05) is 0 Å². The fourth-order valence-corrected chi connectivity index (χ4v) is 1.51. The second-order valence-electron chi connectivity index (χ2n) is 4.00. The molecule has 12 heavy (non-hydrogen) atoms. The highest BCUT2D eigenvalue weighted by molar-refractivity contribution is 4.65. The third kappa shape index (κ3) is 5.59. The summed E-state index contributed by atoms with van der Waals surface area (Å²) in [7, 11) is 0. The van der Waals surface area contributed by atoms with Crippen LogP contribution >= 0.6 is 0 Å². The first-order valence-corrected chi connectivity index (χ1v) is 5.43. The van der Waals surface area contributed by atoms with Crippen LogP contribution in [0.4, 0.5) is 0 Å². The van der Waals surface area contributed by atoms with E-state index in [2.05, 4.69) is 33.0 Å². The highest BCUT2D eigenvalue weighted by Crippen LogP contribution is 2.15. The van der Waals surface area contributed by atoms with Gasteiger partial charge in [0.25, 0.3) is 0 Å². The largest absolute Gasteiger partial charge is 0.316 e. The Kier molecular flexibility index (Phi) is 7.58. The van der Waals surface area contributed by atoms with Gasteiger partial charge in [0.2, 0.25) is 0 Å². The molecule has 0 spiro atoms. The van der Waals surface area contributed by atoms with Crippen molar-refractivity contribution in [2.24, 2.45) is 11.8 Å². The van der Waals surface area contributed by atoms with E-state index >= 15 is 0 Å². The molecule has 0 saturated carbocycles. The van der Waals surface area contributed by atoms with Crippen LogP contribution in [0.2, 0.25) is 0 Å². The Balaban J connectivity index is 3.49. The van der Waals surface area contributed by atoms with Gasteiger partial charge in [-0.3, -0.25) is 0 Å². The summed E-state index contributed by atoms with van der Waals surface area (Å²) in [6, 6.07) is 0. The molecule has 0 saturated heterocycles. The summed E-state index contributed by atoms with van der Waals surface area (Å²) in [5, 5.41) is 3.50. The van der Waals surface area contributed by atoms with Gasteiger partial charge in [-0.1, -0.05) is 34.1 Å². The Hall–Kier alpha value is -0.0400. The maximum Gasteiger partial charge on any atom is -0.00181 e. The van der Waals surface area contributed by atoms with Crippen LogP contribution in [0.5, 0.6) is 0 Å². The summed E-state index contributed by atoms with van der Waals surface area (Å²) in [5.74, 6) is 1.70. The molecule has 0 aromatic rings. The molecule has 1 heteroatoms. The zero-order valence-electron chi connectivity index (χ0n) is 9.19. The molecular weight excluding hydrogens is 146 g/mol. The second kappa shape index (κ2) is 7.60. The van der Waals surface area contributed by atoms with Gasteiger partial charge >= 0.3 is 0 Å². The maximum absolute atomic E-state index is 3.50. The van der Waals surface area contributed by atoms with Crippen molar-refractivity contribution in [3.63, 3.8) is 0 Å². The molecule has 0 bridgehead atoms. The minimum Gasteiger partial charge on any atom is -0.316 e. The van der Waals surface area contributed by atoms with Gasteiger partial charge in [-0.2, -0.15) is 0 Å². The van der Waals surface area contributed by atoms with Crippen molar-refractivity contribution in [1.29, 1.82) is 0 Å². The SMILES string of the molecule is CCCNCC(CCC)C(C)C. The first-order valence-electron chi connectivity index (χ1n) is 5.43. The predicted octanol–water partition coefficient (Wildman–Crippen LogP) is 3.06. The summed E-state index contributed by atoms with van der Waals surface area (Å²) < 4.78 is 0. The Morgan fingerprint density at radius 3 is 2.17 bits per heavy atom. The molecule has 0 aromatic heterocycles. The third-order valence-electron chi connectivity index (χ3n) is 2.44. The van der Waals surface area contributed by atoms with E-state index in [0.717, 1.165) is 11.8 Å². The summed E-state index contributed by atoms with van der Waals surface area (Å²) in [4.78, 5) is 0. The van der Waals surface area contributed by atoms with Gasteiger partial charge in [0.1, 0.15) is 0 Å². The quantitative estimate of drug-likeness (QED) is 0.580. The van der Waals surface area contributed by atoms with Crippen molar-refractivity contribution < 1.29 is 0 Å². The van der Waals surface area contributed by atoms with Gasteiger partial charge in [-0.25, -0.2) is 0 Å². The van der Waals surface area contributed by atoms with Crippen LogP contribution in [-0.4, -0.2) is 13.1 Å². The average molecular weight is 171 g/mol. The molecule has 1 nitrogen and oxygen atoms in total. The van der Waals surface area contributed by atoms with Gasteiger partial charge in [0.15, 0.2) is 0 Å². The molecule has 0 fully saturated rings. The Labute approximate surface area is 77.9 Å². The molecule has 1 N–H and O–H groups in total.